The van der Waals surface area contributed by atoms with Gasteiger partial charge in [-0.15, -0.1) is 0 Å². The van der Waals surface area contributed by atoms with Gasteiger partial charge in [0.25, 0.3) is 5.91 Å². The van der Waals surface area contributed by atoms with Crippen LogP contribution in [0.15, 0.2) is 54.6 Å². The van der Waals surface area contributed by atoms with Gasteiger partial charge < -0.3 is 28.9 Å². The Kier molecular flexibility index (Phi) is 9.35. The number of nitrogens with zero attached hydrogens (tertiary/aromatic N) is 4. The van der Waals surface area contributed by atoms with Crippen LogP contribution in [-0.2, 0) is 11.3 Å². The van der Waals surface area contributed by atoms with E-state index in [2.05, 4.69) is 9.47 Å². The van der Waals surface area contributed by atoms with Gasteiger partial charge in [0.2, 0.25) is 0 Å². The van der Waals surface area contributed by atoms with Crippen LogP contribution in [0.2, 0.25) is 0 Å². The Morgan fingerprint density at radius 2 is 1.70 bits per heavy atom. The Bertz CT molecular complexity index is 1780. The van der Waals surface area contributed by atoms with E-state index in [1.54, 1.807) is 30.3 Å². The molecule has 1 N–H and O–H groups in total. The van der Waals surface area contributed by atoms with Crippen LogP contribution in [0.4, 0.5) is 10.1 Å². The first-order valence-corrected chi connectivity index (χ1v) is 17.6. The zero-order valence-corrected chi connectivity index (χ0v) is 27.1. The summed E-state index contributed by atoms with van der Waals surface area (Å²) in [5.41, 5.74) is 4.32. The van der Waals surface area contributed by atoms with E-state index in [-0.39, 0.29) is 24.1 Å². The molecule has 0 bridgehead atoms. The SMILES string of the molecule is O=C(O)c1ccc2c(c1)nc(-c1ccc(OCc3cc(C(=O)N4CCSCC4)ccc3N3CCOCC3)cc1F)n2C1CCCCC1. The van der Waals surface area contributed by atoms with Crippen LogP contribution in [0.5, 0.6) is 5.75 Å². The largest absolute Gasteiger partial charge is 0.489 e. The van der Waals surface area contributed by atoms with E-state index in [9.17, 15) is 14.7 Å². The zero-order chi connectivity index (χ0) is 32.3. The van der Waals surface area contributed by atoms with Gasteiger partial charge in [0, 0.05) is 66.6 Å². The molecule has 3 heterocycles. The third kappa shape index (κ3) is 6.69. The Morgan fingerprint density at radius 3 is 2.45 bits per heavy atom. The number of morpholine rings is 1. The molecule has 3 aromatic carbocycles. The van der Waals surface area contributed by atoms with Crippen LogP contribution >= 0.6 is 11.8 Å². The maximum Gasteiger partial charge on any atom is 0.335 e. The molecule has 246 valence electrons. The first-order valence-electron chi connectivity index (χ1n) is 16.5. The van der Waals surface area contributed by atoms with Crippen LogP contribution in [-0.4, -0.2) is 82.3 Å². The van der Waals surface area contributed by atoms with Crippen molar-refractivity contribution in [1.29, 1.82) is 0 Å². The predicted molar refractivity (Wildman–Crippen MR) is 181 cm³/mol. The highest BCUT2D eigenvalue weighted by Gasteiger charge is 2.25. The number of aromatic carboxylic acids is 1. The second kappa shape index (κ2) is 13.9. The summed E-state index contributed by atoms with van der Waals surface area (Å²) < 4.78 is 29.9. The van der Waals surface area contributed by atoms with Crippen molar-refractivity contribution in [3.05, 3.63) is 77.1 Å². The first-order chi connectivity index (χ1) is 23.0. The Morgan fingerprint density at radius 1 is 0.936 bits per heavy atom. The first kappa shape index (κ1) is 31.5. The number of carboxylic acid groups (broad SMARTS) is 1. The van der Waals surface area contributed by atoms with E-state index in [1.165, 1.54) is 12.5 Å². The van der Waals surface area contributed by atoms with E-state index < -0.39 is 11.8 Å². The monoisotopic (exact) mass is 658 g/mol. The summed E-state index contributed by atoms with van der Waals surface area (Å²) in [6.07, 6.45) is 5.27. The lowest BCUT2D eigenvalue weighted by atomic mass is 9.94. The predicted octanol–water partition coefficient (Wildman–Crippen LogP) is 6.65. The molecule has 3 aliphatic rings. The number of anilines is 1. The third-order valence-electron chi connectivity index (χ3n) is 9.43. The molecule has 0 atom stereocenters. The highest BCUT2D eigenvalue weighted by Crippen LogP contribution is 2.38. The summed E-state index contributed by atoms with van der Waals surface area (Å²) in [7, 11) is 0. The van der Waals surface area contributed by atoms with Gasteiger partial charge in [-0.25, -0.2) is 14.2 Å². The number of amides is 1. The molecular formula is C36H39FN4O5S. The van der Waals surface area contributed by atoms with Crippen molar-refractivity contribution in [1.82, 2.24) is 14.5 Å². The summed E-state index contributed by atoms with van der Waals surface area (Å²) >= 11 is 1.86. The molecule has 2 aliphatic heterocycles. The van der Waals surface area contributed by atoms with Gasteiger partial charge in [-0.05, 0) is 61.4 Å². The van der Waals surface area contributed by atoms with Crippen molar-refractivity contribution in [3.63, 3.8) is 0 Å². The minimum absolute atomic E-state index is 0.0202. The Labute approximate surface area is 277 Å². The van der Waals surface area contributed by atoms with Crippen molar-refractivity contribution < 1.29 is 28.6 Å². The topological polar surface area (TPSA) is 97.1 Å². The maximum atomic E-state index is 16.0. The number of rotatable bonds is 8. The molecule has 7 rings (SSSR count). The van der Waals surface area contributed by atoms with E-state index in [0.29, 0.717) is 41.4 Å². The smallest absolute Gasteiger partial charge is 0.335 e. The number of fused-ring (bicyclic) bond motifs is 1. The number of ether oxygens (including phenoxy) is 2. The second-order valence-electron chi connectivity index (χ2n) is 12.4. The number of benzene rings is 3. The lowest BCUT2D eigenvalue weighted by molar-refractivity contribution is 0.0696. The number of aromatic nitrogens is 2. The Hall–Kier alpha value is -4.09. The fraction of sp³-hybridized carbons (Fsp3) is 0.417. The summed E-state index contributed by atoms with van der Waals surface area (Å²) in [5, 5.41) is 9.55. The molecule has 1 amide bonds. The van der Waals surface area contributed by atoms with Crippen LogP contribution in [0, 0.1) is 5.82 Å². The molecular weight excluding hydrogens is 619 g/mol. The highest BCUT2D eigenvalue weighted by molar-refractivity contribution is 7.99. The minimum atomic E-state index is -1.02. The molecule has 11 heteroatoms. The van der Waals surface area contributed by atoms with Crippen molar-refractivity contribution in [2.24, 2.45) is 0 Å². The van der Waals surface area contributed by atoms with Crippen LogP contribution in [0.1, 0.15) is 64.4 Å². The molecule has 1 saturated carbocycles. The van der Waals surface area contributed by atoms with E-state index in [0.717, 1.165) is 80.1 Å². The summed E-state index contributed by atoms with van der Waals surface area (Å²) in [5.74, 6) is 1.28. The van der Waals surface area contributed by atoms with Gasteiger partial charge in [-0.1, -0.05) is 19.3 Å². The average Bonchev–Trinajstić information content (AvgIpc) is 3.50. The zero-order valence-electron chi connectivity index (χ0n) is 26.3. The van der Waals surface area contributed by atoms with Crippen molar-refractivity contribution >= 4 is 40.4 Å². The van der Waals surface area contributed by atoms with Crippen molar-refractivity contribution in [2.75, 3.05) is 55.8 Å². The fourth-order valence-electron chi connectivity index (χ4n) is 6.95. The van der Waals surface area contributed by atoms with Gasteiger partial charge in [-0.3, -0.25) is 4.79 Å². The molecule has 4 aromatic rings. The molecule has 0 unspecified atom stereocenters. The molecule has 9 nitrogen and oxygen atoms in total. The molecule has 0 radical (unpaired) electrons. The molecule has 3 fully saturated rings. The van der Waals surface area contributed by atoms with Gasteiger partial charge in [0.1, 0.15) is 24.0 Å². The number of carboxylic acids is 1. The van der Waals surface area contributed by atoms with Crippen LogP contribution in [0.25, 0.3) is 22.4 Å². The number of imidazole rings is 1. The second-order valence-corrected chi connectivity index (χ2v) is 13.6. The molecule has 1 aromatic heterocycles. The third-order valence-corrected chi connectivity index (χ3v) is 10.4. The summed E-state index contributed by atoms with van der Waals surface area (Å²) in [6.45, 7) is 4.38. The van der Waals surface area contributed by atoms with Crippen molar-refractivity contribution in [3.8, 4) is 17.1 Å². The van der Waals surface area contributed by atoms with E-state index in [4.69, 9.17) is 14.5 Å². The number of carbonyl (C=O) groups excluding carboxylic acids is 1. The normalized spacial score (nSPS) is 17.6. The quantitative estimate of drug-likeness (QED) is 0.225. The molecule has 0 spiro atoms. The summed E-state index contributed by atoms with van der Waals surface area (Å²) in [4.78, 5) is 33.9. The van der Waals surface area contributed by atoms with E-state index >= 15 is 4.39 Å². The molecule has 2 saturated heterocycles. The average molecular weight is 659 g/mol. The number of halogens is 1. The van der Waals surface area contributed by atoms with Crippen LogP contribution in [0.3, 0.4) is 0 Å². The van der Waals surface area contributed by atoms with Gasteiger partial charge >= 0.3 is 5.97 Å². The fourth-order valence-corrected chi connectivity index (χ4v) is 7.86. The summed E-state index contributed by atoms with van der Waals surface area (Å²) in [6, 6.07) is 15.7. The van der Waals surface area contributed by atoms with E-state index in [1.807, 2.05) is 34.9 Å². The number of hydrogen-bond acceptors (Lipinski definition) is 7. The van der Waals surface area contributed by atoms with Gasteiger partial charge in [0.05, 0.1) is 35.4 Å². The minimum Gasteiger partial charge on any atom is -0.489 e. The molecule has 1 aliphatic carbocycles. The van der Waals surface area contributed by atoms with Gasteiger partial charge in [-0.2, -0.15) is 11.8 Å². The highest BCUT2D eigenvalue weighted by atomic mass is 32.2. The lowest BCUT2D eigenvalue weighted by Crippen LogP contribution is -2.38. The standard InChI is InChI=1S/C36H39FN4O5S/c37-30-22-28(8-9-29(30)34-38-31-21-25(36(43)44)7-11-33(31)41(34)27-4-2-1-3-5-27)46-23-26-20-24(35(42)40-14-18-47-19-15-40)6-10-32(26)39-12-16-45-17-13-39/h6-11,20-22,27H,1-5,12-19,23H2,(H,43,44). The van der Waals surface area contributed by atoms with Gasteiger partial charge in [0.15, 0.2) is 0 Å². The number of thioether (sulfide) groups is 1. The Balaban J connectivity index is 1.17. The maximum absolute atomic E-state index is 16.0. The molecule has 47 heavy (non-hydrogen) atoms. The van der Waals surface area contributed by atoms with Crippen molar-refractivity contribution in [2.45, 2.75) is 44.8 Å². The van der Waals surface area contributed by atoms with Crippen LogP contribution < -0.4 is 9.64 Å². The number of hydrogen-bond donors (Lipinski definition) is 1. The lowest BCUT2D eigenvalue weighted by Gasteiger charge is -2.31. The number of carbonyl (C=O) groups is 2.